The lowest BCUT2D eigenvalue weighted by Gasteiger charge is -2.33. The van der Waals surface area contributed by atoms with E-state index in [-0.39, 0.29) is 6.10 Å². The fraction of sp³-hybridized carbons (Fsp3) is 0.714. The highest BCUT2D eigenvalue weighted by atomic mass is 16.6. The number of fused-ring (bicyclic) bond motifs is 1. The summed E-state index contributed by atoms with van der Waals surface area (Å²) in [6, 6.07) is 0. The Morgan fingerprint density at radius 2 is 2.09 bits per heavy atom. The lowest BCUT2D eigenvalue weighted by molar-refractivity contribution is 0.0892. The van der Waals surface area contributed by atoms with E-state index in [0.29, 0.717) is 23.7 Å². The minimum atomic E-state index is 0.207. The number of anilines is 2. The Kier molecular flexibility index (Phi) is 5.19. The number of ether oxygens (including phenoxy) is 2. The molecule has 126 valence electrons. The first-order chi connectivity index (χ1) is 11.3. The van der Waals surface area contributed by atoms with Crippen LogP contribution in [0.4, 0.5) is 11.6 Å². The van der Waals surface area contributed by atoms with Crippen molar-refractivity contribution in [1.82, 2.24) is 20.3 Å². The maximum Gasteiger partial charge on any atom is 0.245 e. The van der Waals surface area contributed by atoms with Gasteiger partial charge in [-0.15, -0.1) is 0 Å². The van der Waals surface area contributed by atoms with Gasteiger partial charge in [0.2, 0.25) is 11.3 Å². The number of hydrogen-bond acceptors (Lipinski definition) is 9. The second-order valence-corrected chi connectivity index (χ2v) is 5.53. The fourth-order valence-electron chi connectivity index (χ4n) is 2.71. The number of rotatable bonds is 7. The van der Waals surface area contributed by atoms with E-state index in [1.54, 1.807) is 14.2 Å². The molecule has 1 fully saturated rings. The fourth-order valence-corrected chi connectivity index (χ4v) is 2.71. The summed E-state index contributed by atoms with van der Waals surface area (Å²) < 4.78 is 15.3. The molecule has 1 saturated heterocycles. The SMILES string of the molecule is COCCCNc1nc2nonc2nc1N1CCCC(OC)C1. The van der Waals surface area contributed by atoms with Crippen molar-refractivity contribution in [3.8, 4) is 0 Å². The molecule has 3 heterocycles. The number of hydrogen-bond donors (Lipinski definition) is 1. The summed E-state index contributed by atoms with van der Waals surface area (Å²) in [5.74, 6) is 1.47. The number of aromatic nitrogens is 4. The van der Waals surface area contributed by atoms with E-state index in [0.717, 1.165) is 44.7 Å². The molecule has 9 heteroatoms. The standard InChI is InChI=1S/C14H22N6O3/c1-21-8-4-6-15-13-14(17-12-11(16-13)18-23-19-12)20-7-3-5-10(9-20)22-2/h10H,3-9H2,1-2H3,(H,15,16,18). The number of nitrogens with zero attached hydrogens (tertiary/aromatic N) is 5. The zero-order valence-corrected chi connectivity index (χ0v) is 13.5. The van der Waals surface area contributed by atoms with E-state index >= 15 is 0 Å². The molecular weight excluding hydrogens is 300 g/mol. The first-order valence-electron chi connectivity index (χ1n) is 7.82. The summed E-state index contributed by atoms with van der Waals surface area (Å²) in [6.45, 7) is 3.14. The van der Waals surface area contributed by atoms with Crippen LogP contribution in [0, 0.1) is 0 Å². The van der Waals surface area contributed by atoms with E-state index in [2.05, 4.69) is 30.5 Å². The van der Waals surface area contributed by atoms with Crippen LogP contribution in [0.5, 0.6) is 0 Å². The summed E-state index contributed by atoms with van der Waals surface area (Å²) in [4.78, 5) is 11.2. The third-order valence-electron chi connectivity index (χ3n) is 3.92. The van der Waals surface area contributed by atoms with Crippen molar-refractivity contribution in [3.05, 3.63) is 0 Å². The van der Waals surface area contributed by atoms with E-state index < -0.39 is 0 Å². The van der Waals surface area contributed by atoms with Crippen LogP contribution in [0.15, 0.2) is 4.63 Å². The van der Waals surface area contributed by atoms with Gasteiger partial charge in [-0.2, -0.15) is 0 Å². The molecule has 9 nitrogen and oxygen atoms in total. The van der Waals surface area contributed by atoms with Crippen LogP contribution < -0.4 is 10.2 Å². The normalized spacial score (nSPS) is 18.5. The molecule has 1 atom stereocenters. The minimum Gasteiger partial charge on any atom is -0.385 e. The van der Waals surface area contributed by atoms with Crippen LogP contribution in [0.25, 0.3) is 11.3 Å². The molecule has 2 aromatic heterocycles. The van der Waals surface area contributed by atoms with Crippen molar-refractivity contribution in [2.24, 2.45) is 0 Å². The Hall–Kier alpha value is -2.00. The Labute approximate surface area is 134 Å². The predicted molar refractivity (Wildman–Crippen MR) is 84.6 cm³/mol. The highest BCUT2D eigenvalue weighted by Crippen LogP contribution is 2.27. The second kappa shape index (κ2) is 7.51. The molecule has 23 heavy (non-hydrogen) atoms. The number of nitrogens with one attached hydrogen (secondary N) is 1. The van der Waals surface area contributed by atoms with E-state index in [4.69, 9.17) is 14.1 Å². The highest BCUT2D eigenvalue weighted by Gasteiger charge is 2.24. The first-order valence-corrected chi connectivity index (χ1v) is 7.82. The monoisotopic (exact) mass is 322 g/mol. The van der Waals surface area contributed by atoms with Gasteiger partial charge in [-0.25, -0.2) is 14.6 Å². The maximum atomic E-state index is 5.50. The predicted octanol–water partition coefficient (Wildman–Crippen LogP) is 1.08. The molecule has 0 amide bonds. The Bertz CT molecular complexity index is 634. The van der Waals surface area contributed by atoms with Gasteiger partial charge in [0.05, 0.1) is 6.10 Å². The lowest BCUT2D eigenvalue weighted by atomic mass is 10.1. The molecule has 0 saturated carbocycles. The van der Waals surface area contributed by atoms with Crippen molar-refractivity contribution in [1.29, 1.82) is 0 Å². The molecule has 1 aliphatic rings. The van der Waals surface area contributed by atoms with Crippen molar-refractivity contribution in [2.75, 3.05) is 50.7 Å². The van der Waals surface area contributed by atoms with Crippen molar-refractivity contribution < 1.29 is 14.1 Å². The van der Waals surface area contributed by atoms with Crippen LogP contribution in [0.3, 0.4) is 0 Å². The van der Waals surface area contributed by atoms with Gasteiger partial charge in [0.25, 0.3) is 0 Å². The van der Waals surface area contributed by atoms with Crippen molar-refractivity contribution in [3.63, 3.8) is 0 Å². The average molecular weight is 322 g/mol. The lowest BCUT2D eigenvalue weighted by Crippen LogP contribution is -2.40. The van der Waals surface area contributed by atoms with Gasteiger partial charge in [0.1, 0.15) is 0 Å². The van der Waals surface area contributed by atoms with Crippen LogP contribution in [0.2, 0.25) is 0 Å². The van der Waals surface area contributed by atoms with E-state index in [1.165, 1.54) is 0 Å². The molecule has 1 N–H and O–H groups in total. The summed E-state index contributed by atoms with van der Waals surface area (Å²) in [5.41, 5.74) is 0.824. The summed E-state index contributed by atoms with van der Waals surface area (Å²) in [6.07, 6.45) is 3.20. The van der Waals surface area contributed by atoms with Crippen molar-refractivity contribution >= 4 is 22.9 Å². The molecule has 1 unspecified atom stereocenters. The van der Waals surface area contributed by atoms with Gasteiger partial charge in [0, 0.05) is 40.5 Å². The molecule has 0 radical (unpaired) electrons. The molecule has 0 spiro atoms. The quantitative estimate of drug-likeness (QED) is 0.750. The number of piperidine rings is 1. The molecule has 3 rings (SSSR count). The topological polar surface area (TPSA) is 98.4 Å². The van der Waals surface area contributed by atoms with Gasteiger partial charge in [-0.3, -0.25) is 0 Å². The summed E-state index contributed by atoms with van der Waals surface area (Å²) >= 11 is 0. The van der Waals surface area contributed by atoms with Crippen LogP contribution in [-0.2, 0) is 9.47 Å². The average Bonchev–Trinajstić information content (AvgIpc) is 3.05. The van der Waals surface area contributed by atoms with E-state index in [1.807, 2.05) is 0 Å². The summed E-state index contributed by atoms with van der Waals surface area (Å²) in [7, 11) is 3.44. The van der Waals surface area contributed by atoms with Gasteiger partial charge in [-0.1, -0.05) is 0 Å². The third kappa shape index (κ3) is 3.67. The van der Waals surface area contributed by atoms with Gasteiger partial charge in [-0.05, 0) is 29.6 Å². The van der Waals surface area contributed by atoms with Crippen LogP contribution >= 0.6 is 0 Å². The maximum absolute atomic E-state index is 5.50. The zero-order valence-electron chi connectivity index (χ0n) is 13.5. The van der Waals surface area contributed by atoms with E-state index in [9.17, 15) is 0 Å². The first kappa shape index (κ1) is 15.9. The molecule has 1 aliphatic heterocycles. The molecule has 0 bridgehead atoms. The summed E-state index contributed by atoms with van der Waals surface area (Å²) in [5, 5.41) is 10.9. The smallest absolute Gasteiger partial charge is 0.245 e. The Morgan fingerprint density at radius 3 is 2.87 bits per heavy atom. The van der Waals surface area contributed by atoms with Crippen molar-refractivity contribution in [2.45, 2.75) is 25.4 Å². The van der Waals surface area contributed by atoms with Crippen LogP contribution in [-0.4, -0.2) is 66.8 Å². The second-order valence-electron chi connectivity index (χ2n) is 5.53. The number of methoxy groups -OCH3 is 2. The van der Waals surface area contributed by atoms with Gasteiger partial charge >= 0.3 is 0 Å². The third-order valence-corrected chi connectivity index (χ3v) is 3.92. The van der Waals surface area contributed by atoms with Gasteiger partial charge < -0.3 is 19.7 Å². The Morgan fingerprint density at radius 1 is 1.26 bits per heavy atom. The van der Waals surface area contributed by atoms with Gasteiger partial charge in [0.15, 0.2) is 11.6 Å². The van der Waals surface area contributed by atoms with Crippen LogP contribution in [0.1, 0.15) is 19.3 Å². The zero-order chi connectivity index (χ0) is 16.1. The minimum absolute atomic E-state index is 0.207. The molecular formula is C14H22N6O3. The molecule has 2 aromatic rings. The molecule has 0 aromatic carbocycles. The largest absolute Gasteiger partial charge is 0.385 e. The molecule has 0 aliphatic carbocycles. The Balaban J connectivity index is 1.83. The highest BCUT2D eigenvalue weighted by molar-refractivity contribution is 5.74.